The molecule has 0 rings (SSSR count). The van der Waals surface area contributed by atoms with Crippen LogP contribution in [0.5, 0.6) is 0 Å². The molecule has 0 aromatic heterocycles. The number of phosphoric acid groups is 1. The van der Waals surface area contributed by atoms with Gasteiger partial charge in [-0.2, -0.15) is 0 Å². The van der Waals surface area contributed by atoms with Gasteiger partial charge in [0.25, 0.3) is 7.82 Å². The Labute approximate surface area is 525 Å². The number of unbranched alkanes of at least 4 members (excludes halogenated alkanes) is 35. The second-order valence-corrected chi connectivity index (χ2v) is 26.3. The maximum absolute atomic E-state index is 12.9. The molecule has 9 nitrogen and oxygen atoms in total. The van der Waals surface area contributed by atoms with Gasteiger partial charge in [-0.25, -0.2) is 0 Å². The van der Waals surface area contributed by atoms with Crippen molar-refractivity contribution in [2.24, 2.45) is 0 Å². The lowest BCUT2D eigenvalue weighted by Gasteiger charge is -2.28. The van der Waals surface area contributed by atoms with Gasteiger partial charge < -0.3 is 27.9 Å². The molecule has 0 aromatic rings. The van der Waals surface area contributed by atoms with Crippen molar-refractivity contribution in [3.63, 3.8) is 0 Å². The van der Waals surface area contributed by atoms with Crippen LogP contribution in [-0.4, -0.2) is 70.0 Å². The fourth-order valence-corrected chi connectivity index (χ4v) is 10.7. The van der Waals surface area contributed by atoms with E-state index in [0.717, 1.165) is 89.9 Å². The molecule has 0 amide bonds. The molecule has 0 fully saturated rings. The van der Waals surface area contributed by atoms with Crippen LogP contribution in [0.4, 0.5) is 0 Å². The topological polar surface area (TPSA) is 111 Å². The Morgan fingerprint density at radius 2 is 0.671 bits per heavy atom. The van der Waals surface area contributed by atoms with Gasteiger partial charge in [-0.05, 0) is 77.0 Å². The van der Waals surface area contributed by atoms with Crippen molar-refractivity contribution in [3.05, 3.63) is 97.2 Å². The highest BCUT2D eigenvalue weighted by Gasteiger charge is 2.22. The van der Waals surface area contributed by atoms with E-state index in [1.54, 1.807) is 0 Å². The summed E-state index contributed by atoms with van der Waals surface area (Å²) in [5.74, 6) is -0.822. The Morgan fingerprint density at radius 3 is 1.00 bits per heavy atom. The van der Waals surface area contributed by atoms with E-state index in [1.165, 1.54) is 193 Å². The van der Waals surface area contributed by atoms with Crippen LogP contribution in [0.1, 0.15) is 316 Å². The highest BCUT2D eigenvalue weighted by molar-refractivity contribution is 7.45. The third-order valence-electron chi connectivity index (χ3n) is 15.4. The summed E-state index contributed by atoms with van der Waals surface area (Å²) in [6, 6.07) is 0. The van der Waals surface area contributed by atoms with Crippen molar-refractivity contribution in [1.29, 1.82) is 0 Å². The maximum atomic E-state index is 12.9. The Bertz CT molecular complexity index is 1760. The number of likely N-dealkylation sites (N-methyl/N-ethyl adjacent to an activating group) is 1. The molecule has 0 saturated heterocycles. The van der Waals surface area contributed by atoms with E-state index in [1.807, 2.05) is 21.1 Å². The average Bonchev–Trinajstić information content (AvgIpc) is 3.50. The van der Waals surface area contributed by atoms with Crippen molar-refractivity contribution in [2.75, 3.05) is 47.5 Å². The molecule has 492 valence electrons. The third-order valence-corrected chi connectivity index (χ3v) is 16.3. The Hall–Kier alpha value is -3.07. The highest BCUT2D eigenvalue weighted by atomic mass is 31.2. The summed E-state index contributed by atoms with van der Waals surface area (Å²) in [6.07, 6.45) is 90.6. The smallest absolute Gasteiger partial charge is 0.306 e. The molecule has 85 heavy (non-hydrogen) atoms. The Balaban J connectivity index is 4.02. The number of hydrogen-bond acceptors (Lipinski definition) is 8. The zero-order valence-electron chi connectivity index (χ0n) is 56.0. The van der Waals surface area contributed by atoms with E-state index in [9.17, 15) is 19.0 Å². The van der Waals surface area contributed by atoms with Crippen molar-refractivity contribution in [2.45, 2.75) is 322 Å². The number of carbonyl (C=O) groups excluding carboxylic acids is 2. The predicted octanol–water partition coefficient (Wildman–Crippen LogP) is 22.5. The van der Waals surface area contributed by atoms with Gasteiger partial charge in [-0.1, -0.05) is 323 Å². The van der Waals surface area contributed by atoms with Crippen molar-refractivity contribution in [1.82, 2.24) is 0 Å². The summed E-state index contributed by atoms with van der Waals surface area (Å²) in [5, 5.41) is 0. The molecule has 2 unspecified atom stereocenters. The van der Waals surface area contributed by atoms with Gasteiger partial charge in [0.2, 0.25) is 0 Å². The molecule has 0 radical (unpaired) electrons. The lowest BCUT2D eigenvalue weighted by molar-refractivity contribution is -0.870. The molecule has 0 saturated carbocycles. The van der Waals surface area contributed by atoms with E-state index < -0.39 is 26.5 Å². The molecule has 0 bridgehead atoms. The number of hydrogen-bond donors (Lipinski definition) is 0. The number of phosphoric ester groups is 1. The molecule has 0 aromatic carbocycles. The number of quaternary nitrogens is 1. The predicted molar refractivity (Wildman–Crippen MR) is 365 cm³/mol. The van der Waals surface area contributed by atoms with Gasteiger partial charge in [-0.3, -0.25) is 14.2 Å². The van der Waals surface area contributed by atoms with Crippen LogP contribution in [0.25, 0.3) is 0 Å². The van der Waals surface area contributed by atoms with E-state index in [-0.39, 0.29) is 32.0 Å². The fourth-order valence-electron chi connectivity index (χ4n) is 9.97. The van der Waals surface area contributed by atoms with Crippen LogP contribution in [0, 0.1) is 0 Å². The van der Waals surface area contributed by atoms with Crippen LogP contribution in [0.2, 0.25) is 0 Å². The zero-order chi connectivity index (χ0) is 61.9. The van der Waals surface area contributed by atoms with Crippen LogP contribution in [0.15, 0.2) is 97.2 Å². The summed E-state index contributed by atoms with van der Waals surface area (Å²) < 4.78 is 34.3. The number of esters is 2. The second kappa shape index (κ2) is 65.4. The quantitative estimate of drug-likeness (QED) is 0.0195. The molecule has 0 spiro atoms. The second-order valence-electron chi connectivity index (χ2n) is 24.9. The standard InChI is InChI=1S/C75H134NO8P/c1-6-8-10-12-14-16-18-20-22-24-26-28-30-31-32-33-34-35-36-37-38-39-40-41-42-43-44-45-46-48-50-52-54-56-58-60-62-64-66-68-75(78)84-73(72-83-85(79,80)82-70-69-76(3,4)5)71-81-74(77)67-65-63-61-59-57-55-53-51-49-47-29-27-25-23-21-19-17-15-13-11-9-7-2/h8,10,14,16,20,22,26,28,31-32,34-35,37-38,40-41,73H,6-7,9,11-13,15,17-19,21,23-25,27,29-30,33,36,39,42-72H2,1-5H3/b10-8-,16-14-,22-20-,28-26-,32-31-,35-34-,38-37-,41-40-. The fraction of sp³-hybridized carbons (Fsp3) is 0.760. The van der Waals surface area contributed by atoms with Crippen LogP contribution < -0.4 is 4.89 Å². The first-order valence-electron chi connectivity index (χ1n) is 35.4. The van der Waals surface area contributed by atoms with E-state index in [2.05, 4.69) is 111 Å². The first-order chi connectivity index (χ1) is 41.5. The lowest BCUT2D eigenvalue weighted by Crippen LogP contribution is -2.37. The molecule has 0 heterocycles. The number of allylic oxidation sites excluding steroid dienone is 16. The molecular formula is C75H134NO8P. The monoisotopic (exact) mass is 1210 g/mol. The van der Waals surface area contributed by atoms with Crippen LogP contribution >= 0.6 is 7.82 Å². The largest absolute Gasteiger partial charge is 0.756 e. The summed E-state index contributed by atoms with van der Waals surface area (Å²) in [6.45, 7) is 4.17. The highest BCUT2D eigenvalue weighted by Crippen LogP contribution is 2.38. The molecule has 0 aliphatic rings. The molecule has 2 atom stereocenters. The number of rotatable bonds is 65. The molecule has 10 heteroatoms. The first-order valence-corrected chi connectivity index (χ1v) is 36.9. The Kier molecular flexibility index (Phi) is 63.0. The normalized spacial score (nSPS) is 13.7. The maximum Gasteiger partial charge on any atom is 0.306 e. The SMILES string of the molecule is CC/C=C\C/C=C\C/C=C\C/C=C\C/C=C\C/C=C\C/C=C\C/C=C\CCCCCCCCCCCCCCCCC(=O)OC(COC(=O)CCCCCCCCCCCCCCCCCCCCCCCC)COP(=O)([O-])OCC[N+](C)(C)C. The third kappa shape index (κ3) is 69.9. The zero-order valence-corrected chi connectivity index (χ0v) is 56.9. The van der Waals surface area contributed by atoms with Crippen LogP contribution in [-0.2, 0) is 32.7 Å². The van der Waals surface area contributed by atoms with Crippen LogP contribution in [0.3, 0.4) is 0 Å². The minimum Gasteiger partial charge on any atom is -0.756 e. The summed E-state index contributed by atoms with van der Waals surface area (Å²) in [5.41, 5.74) is 0. The Morgan fingerprint density at radius 1 is 0.376 bits per heavy atom. The number of nitrogens with zero attached hydrogens (tertiary/aromatic N) is 1. The minimum absolute atomic E-state index is 0.0317. The van der Waals surface area contributed by atoms with Gasteiger partial charge in [0.15, 0.2) is 6.10 Å². The van der Waals surface area contributed by atoms with Gasteiger partial charge in [0.05, 0.1) is 27.7 Å². The van der Waals surface area contributed by atoms with E-state index >= 15 is 0 Å². The summed E-state index contributed by atoms with van der Waals surface area (Å²) in [7, 11) is 1.17. The van der Waals surface area contributed by atoms with Gasteiger partial charge >= 0.3 is 11.9 Å². The first kappa shape index (κ1) is 81.9. The number of carbonyl (C=O) groups is 2. The van der Waals surface area contributed by atoms with Gasteiger partial charge in [0.1, 0.15) is 19.8 Å². The molecule has 0 aliphatic carbocycles. The van der Waals surface area contributed by atoms with Crippen molar-refractivity contribution >= 4 is 19.8 Å². The minimum atomic E-state index is -4.64. The number of ether oxygens (including phenoxy) is 2. The van der Waals surface area contributed by atoms with E-state index in [4.69, 9.17) is 18.5 Å². The summed E-state index contributed by atoms with van der Waals surface area (Å²) >= 11 is 0. The van der Waals surface area contributed by atoms with Gasteiger partial charge in [-0.15, -0.1) is 0 Å². The molecule has 0 N–H and O–H groups in total. The summed E-state index contributed by atoms with van der Waals surface area (Å²) in [4.78, 5) is 38.1. The molecule has 0 aliphatic heterocycles. The average molecular weight is 1210 g/mol. The van der Waals surface area contributed by atoms with Crippen molar-refractivity contribution < 1.29 is 42.1 Å². The van der Waals surface area contributed by atoms with E-state index in [0.29, 0.717) is 17.4 Å². The molecular weight excluding hydrogens is 1070 g/mol. The lowest BCUT2D eigenvalue weighted by atomic mass is 10.0. The van der Waals surface area contributed by atoms with Crippen molar-refractivity contribution in [3.8, 4) is 0 Å². The van der Waals surface area contributed by atoms with Gasteiger partial charge in [0, 0.05) is 12.8 Å².